The third-order valence-electron chi connectivity index (χ3n) is 3.81. The zero-order chi connectivity index (χ0) is 13.8. The van der Waals surface area contributed by atoms with Gasteiger partial charge >= 0.3 is 0 Å². The van der Waals surface area contributed by atoms with Crippen molar-refractivity contribution in [3.8, 4) is 0 Å². The van der Waals surface area contributed by atoms with Crippen molar-refractivity contribution in [1.82, 2.24) is 5.32 Å². The molecule has 0 saturated carbocycles. The molecule has 1 heterocycles. The van der Waals surface area contributed by atoms with E-state index in [1.165, 1.54) is 5.69 Å². The van der Waals surface area contributed by atoms with Gasteiger partial charge < -0.3 is 10.2 Å². The van der Waals surface area contributed by atoms with Crippen LogP contribution in [-0.2, 0) is 0 Å². The average Bonchev–Trinajstić information content (AvgIpc) is 2.75. The molecule has 0 bridgehead atoms. The van der Waals surface area contributed by atoms with E-state index in [0.717, 1.165) is 31.6 Å². The number of nitrogens with zero attached hydrogens (tertiary/aromatic N) is 1. The summed E-state index contributed by atoms with van der Waals surface area (Å²) in [6.07, 6.45) is 1.12. The summed E-state index contributed by atoms with van der Waals surface area (Å²) in [4.78, 5) is 2.41. The summed E-state index contributed by atoms with van der Waals surface area (Å²) in [5.74, 6) is -0.179. The lowest BCUT2D eigenvalue weighted by atomic mass is 10.0. The standard InChI is InChI=1S/C17H19FN2/c18-15-9-7-14(8-10-15)17-13-19-11-4-12-20(17)16-5-2-1-3-6-16/h1-3,5-10,17,19H,4,11-13H2. The van der Waals surface area contributed by atoms with Crippen LogP contribution in [0.3, 0.4) is 0 Å². The molecule has 2 aromatic carbocycles. The first-order valence-electron chi connectivity index (χ1n) is 7.12. The van der Waals surface area contributed by atoms with E-state index in [4.69, 9.17) is 0 Å². The molecule has 3 heteroatoms. The van der Waals surface area contributed by atoms with Crippen molar-refractivity contribution < 1.29 is 4.39 Å². The average molecular weight is 270 g/mol. The van der Waals surface area contributed by atoms with Gasteiger partial charge in [-0.15, -0.1) is 0 Å². The zero-order valence-corrected chi connectivity index (χ0v) is 11.4. The minimum atomic E-state index is -0.179. The van der Waals surface area contributed by atoms with E-state index in [1.807, 2.05) is 18.2 Å². The number of nitrogens with one attached hydrogen (secondary N) is 1. The number of anilines is 1. The highest BCUT2D eigenvalue weighted by Crippen LogP contribution is 2.28. The Kier molecular flexibility index (Phi) is 3.97. The summed E-state index contributed by atoms with van der Waals surface area (Å²) < 4.78 is 13.1. The predicted octanol–water partition coefficient (Wildman–Crippen LogP) is 3.37. The van der Waals surface area contributed by atoms with Crippen LogP contribution in [0.1, 0.15) is 18.0 Å². The van der Waals surface area contributed by atoms with Crippen LogP contribution in [0.5, 0.6) is 0 Å². The van der Waals surface area contributed by atoms with Crippen LogP contribution in [0.2, 0.25) is 0 Å². The monoisotopic (exact) mass is 270 g/mol. The number of hydrogen-bond donors (Lipinski definition) is 1. The molecule has 0 spiro atoms. The molecule has 0 aliphatic carbocycles. The molecular weight excluding hydrogens is 251 g/mol. The SMILES string of the molecule is Fc1ccc(C2CNCCCN2c2ccccc2)cc1. The summed E-state index contributed by atoms with van der Waals surface area (Å²) in [5, 5.41) is 3.47. The quantitative estimate of drug-likeness (QED) is 0.900. The van der Waals surface area contributed by atoms with E-state index in [9.17, 15) is 4.39 Å². The lowest BCUT2D eigenvalue weighted by molar-refractivity contribution is 0.606. The van der Waals surface area contributed by atoms with Crippen LogP contribution in [0, 0.1) is 5.82 Å². The molecule has 1 saturated heterocycles. The van der Waals surface area contributed by atoms with E-state index in [1.54, 1.807) is 12.1 Å². The molecule has 0 amide bonds. The van der Waals surface area contributed by atoms with Gasteiger partial charge in [0.25, 0.3) is 0 Å². The zero-order valence-electron chi connectivity index (χ0n) is 11.4. The Morgan fingerprint density at radius 2 is 1.75 bits per heavy atom. The molecule has 1 atom stereocenters. The smallest absolute Gasteiger partial charge is 0.123 e. The summed E-state index contributed by atoms with van der Waals surface area (Å²) >= 11 is 0. The molecule has 2 nitrogen and oxygen atoms in total. The fourth-order valence-electron chi connectivity index (χ4n) is 2.79. The molecule has 1 unspecified atom stereocenters. The maximum Gasteiger partial charge on any atom is 0.123 e. The highest BCUT2D eigenvalue weighted by Gasteiger charge is 2.22. The highest BCUT2D eigenvalue weighted by molar-refractivity contribution is 5.49. The Labute approximate surface area is 119 Å². The van der Waals surface area contributed by atoms with Crippen LogP contribution < -0.4 is 10.2 Å². The fraction of sp³-hybridized carbons (Fsp3) is 0.294. The summed E-state index contributed by atoms with van der Waals surface area (Å²) in [5.41, 5.74) is 2.38. The van der Waals surface area contributed by atoms with Gasteiger partial charge in [-0.2, -0.15) is 0 Å². The van der Waals surface area contributed by atoms with Crippen molar-refractivity contribution in [3.63, 3.8) is 0 Å². The summed E-state index contributed by atoms with van der Waals surface area (Å²) in [6, 6.07) is 17.6. The van der Waals surface area contributed by atoms with Crippen LogP contribution in [0.4, 0.5) is 10.1 Å². The first-order valence-corrected chi connectivity index (χ1v) is 7.12. The van der Waals surface area contributed by atoms with E-state index in [2.05, 4.69) is 34.5 Å². The predicted molar refractivity (Wildman–Crippen MR) is 80.4 cm³/mol. The van der Waals surface area contributed by atoms with Crippen molar-refractivity contribution in [2.45, 2.75) is 12.5 Å². The Morgan fingerprint density at radius 3 is 2.50 bits per heavy atom. The molecule has 0 radical (unpaired) electrons. The minimum absolute atomic E-state index is 0.179. The molecule has 20 heavy (non-hydrogen) atoms. The second kappa shape index (κ2) is 6.06. The van der Waals surface area contributed by atoms with Crippen molar-refractivity contribution in [3.05, 3.63) is 66.0 Å². The molecule has 1 N–H and O–H groups in total. The largest absolute Gasteiger partial charge is 0.363 e. The van der Waals surface area contributed by atoms with Crippen molar-refractivity contribution in [2.75, 3.05) is 24.5 Å². The van der Waals surface area contributed by atoms with E-state index < -0.39 is 0 Å². The lowest BCUT2D eigenvalue weighted by Crippen LogP contribution is -2.32. The van der Waals surface area contributed by atoms with Crippen LogP contribution >= 0.6 is 0 Å². The minimum Gasteiger partial charge on any atom is -0.363 e. The Bertz CT molecular complexity index is 539. The number of hydrogen-bond acceptors (Lipinski definition) is 2. The van der Waals surface area contributed by atoms with E-state index >= 15 is 0 Å². The normalized spacial score (nSPS) is 19.6. The molecule has 1 aliphatic heterocycles. The van der Waals surface area contributed by atoms with Crippen molar-refractivity contribution in [2.24, 2.45) is 0 Å². The van der Waals surface area contributed by atoms with Gasteiger partial charge in [-0.25, -0.2) is 4.39 Å². The van der Waals surface area contributed by atoms with Crippen LogP contribution in [0.25, 0.3) is 0 Å². The third-order valence-corrected chi connectivity index (χ3v) is 3.81. The van der Waals surface area contributed by atoms with Gasteiger partial charge in [-0.1, -0.05) is 30.3 Å². The molecule has 3 rings (SSSR count). The summed E-state index contributed by atoms with van der Waals surface area (Å²) in [7, 11) is 0. The fourth-order valence-corrected chi connectivity index (χ4v) is 2.79. The number of para-hydroxylation sites is 1. The van der Waals surface area contributed by atoms with E-state index in [0.29, 0.717) is 0 Å². The van der Waals surface area contributed by atoms with Gasteiger partial charge in [0, 0.05) is 18.8 Å². The van der Waals surface area contributed by atoms with Gasteiger partial charge in [-0.3, -0.25) is 0 Å². The van der Waals surface area contributed by atoms with E-state index in [-0.39, 0.29) is 11.9 Å². The first kappa shape index (κ1) is 13.1. The van der Waals surface area contributed by atoms with Gasteiger partial charge in [0.1, 0.15) is 5.82 Å². The van der Waals surface area contributed by atoms with Crippen LogP contribution in [-0.4, -0.2) is 19.6 Å². The molecule has 0 aromatic heterocycles. The first-order chi connectivity index (χ1) is 9.84. The second-order valence-corrected chi connectivity index (χ2v) is 5.15. The third kappa shape index (κ3) is 2.83. The molecule has 104 valence electrons. The van der Waals surface area contributed by atoms with Crippen molar-refractivity contribution in [1.29, 1.82) is 0 Å². The number of benzene rings is 2. The van der Waals surface area contributed by atoms with Gasteiger partial charge in [0.2, 0.25) is 0 Å². The molecule has 1 fully saturated rings. The second-order valence-electron chi connectivity index (χ2n) is 5.15. The molecule has 2 aromatic rings. The Balaban J connectivity index is 1.93. The van der Waals surface area contributed by atoms with Gasteiger partial charge in [0.05, 0.1) is 6.04 Å². The Morgan fingerprint density at radius 1 is 1.00 bits per heavy atom. The molecular formula is C17H19FN2. The van der Waals surface area contributed by atoms with Crippen LogP contribution in [0.15, 0.2) is 54.6 Å². The Hall–Kier alpha value is -1.87. The molecule has 1 aliphatic rings. The maximum atomic E-state index is 13.1. The number of halogens is 1. The maximum absolute atomic E-state index is 13.1. The van der Waals surface area contributed by atoms with Crippen molar-refractivity contribution >= 4 is 5.69 Å². The highest BCUT2D eigenvalue weighted by atomic mass is 19.1. The summed E-state index contributed by atoms with van der Waals surface area (Å²) in [6.45, 7) is 2.93. The topological polar surface area (TPSA) is 15.3 Å². The van der Waals surface area contributed by atoms with Gasteiger partial charge in [-0.05, 0) is 42.8 Å². The van der Waals surface area contributed by atoms with Gasteiger partial charge in [0.15, 0.2) is 0 Å². The lowest BCUT2D eigenvalue weighted by Gasteiger charge is -2.32. The number of rotatable bonds is 2.